The molecule has 0 aromatic carbocycles. The van der Waals surface area contributed by atoms with E-state index < -0.39 is 30.8 Å². The van der Waals surface area contributed by atoms with E-state index in [1.54, 1.807) is 17.0 Å². The van der Waals surface area contributed by atoms with Gasteiger partial charge in [-0.3, -0.25) is 4.55 Å². The monoisotopic (exact) mass is 503 g/mol. The van der Waals surface area contributed by atoms with Crippen molar-refractivity contribution in [2.24, 2.45) is 0 Å². The number of carbonyl (C=O) groups excluding carboxylic acids is 1. The lowest BCUT2D eigenvalue weighted by Crippen LogP contribution is -2.41. The van der Waals surface area contributed by atoms with E-state index in [1.807, 2.05) is 32.1 Å². The topological polar surface area (TPSA) is 117 Å². The predicted molar refractivity (Wildman–Crippen MR) is 128 cm³/mol. The summed E-state index contributed by atoms with van der Waals surface area (Å²) in [5, 5.41) is 5.37. The van der Waals surface area contributed by atoms with Gasteiger partial charge >= 0.3 is 16.4 Å². The molecule has 0 radical (unpaired) electrons. The molecule has 1 aromatic heterocycles. The molecule has 0 saturated carbocycles. The lowest BCUT2D eigenvalue weighted by Gasteiger charge is -2.36. The quantitative estimate of drug-likeness (QED) is 0.445. The van der Waals surface area contributed by atoms with Crippen LogP contribution < -0.4 is 0 Å². The van der Waals surface area contributed by atoms with Gasteiger partial charge in [-0.1, -0.05) is 20.8 Å². The first-order chi connectivity index (χ1) is 15.0. The third kappa shape index (κ3) is 7.62. The van der Waals surface area contributed by atoms with Crippen LogP contribution in [0, 0.1) is 0 Å². The lowest BCUT2D eigenvalue weighted by molar-refractivity contribution is -0.0183. The molecule has 1 N–H and O–H groups in total. The molecular formula is C20H37N5O6SSi. The molecular weight excluding hydrogens is 466 g/mol. The Bertz CT molecular complexity index is 967. The Morgan fingerprint density at radius 1 is 1.27 bits per heavy atom. The molecule has 3 rings (SSSR count). The first-order valence-corrected chi connectivity index (χ1v) is 15.0. The van der Waals surface area contributed by atoms with Gasteiger partial charge < -0.3 is 14.2 Å². The van der Waals surface area contributed by atoms with E-state index in [0.29, 0.717) is 18.1 Å². The van der Waals surface area contributed by atoms with E-state index >= 15 is 0 Å². The van der Waals surface area contributed by atoms with Gasteiger partial charge in [0.15, 0.2) is 8.32 Å². The van der Waals surface area contributed by atoms with Gasteiger partial charge in [-0.2, -0.15) is 18.6 Å². The molecule has 1 aromatic rings. The van der Waals surface area contributed by atoms with Crippen LogP contribution in [0.2, 0.25) is 18.1 Å². The first-order valence-electron chi connectivity index (χ1n) is 10.8. The summed E-state index contributed by atoms with van der Waals surface area (Å²) in [5.74, 6) is 0. The van der Waals surface area contributed by atoms with Crippen molar-refractivity contribution in [1.29, 1.82) is 0 Å². The molecule has 1 fully saturated rings. The number of aromatic nitrogens is 2. The van der Waals surface area contributed by atoms with Crippen LogP contribution in [-0.4, -0.2) is 98.8 Å². The second-order valence-corrected chi connectivity index (χ2v) is 16.0. The maximum atomic E-state index is 12.2. The van der Waals surface area contributed by atoms with Crippen LogP contribution in [0.1, 0.15) is 26.5 Å². The summed E-state index contributed by atoms with van der Waals surface area (Å²) in [6.45, 7) is 12.2. The van der Waals surface area contributed by atoms with Crippen molar-refractivity contribution in [3.05, 3.63) is 24.0 Å². The minimum atomic E-state index is -4.77. The number of fused-ring (bicyclic) bond motifs is 2. The van der Waals surface area contributed by atoms with E-state index in [-0.39, 0.29) is 18.1 Å². The predicted octanol–water partition coefficient (Wildman–Crippen LogP) is 2.32. The molecule has 11 nitrogen and oxygen atoms in total. The summed E-state index contributed by atoms with van der Waals surface area (Å²) in [6, 6.07) is 0.660. The summed E-state index contributed by atoms with van der Waals surface area (Å²) in [4.78, 5) is 15.7. The number of hydrogen-bond acceptors (Lipinski definition) is 7. The number of amides is 2. The SMILES string of the molecule is CC(C)(C)[Si](C)(C)OCCc1ccn(C2=CC3CN(C2)C(=O)N3OS(=O)(=O)O)n1.CN(C)C. The molecule has 0 spiro atoms. The fraction of sp³-hybridized carbons (Fsp3) is 0.700. The van der Waals surface area contributed by atoms with Crippen molar-refractivity contribution in [2.75, 3.05) is 40.8 Å². The van der Waals surface area contributed by atoms with Crippen LogP contribution in [0.3, 0.4) is 0 Å². The Morgan fingerprint density at radius 3 is 2.42 bits per heavy atom. The zero-order valence-electron chi connectivity index (χ0n) is 20.8. The average Bonchev–Trinajstić information content (AvgIpc) is 3.18. The maximum absolute atomic E-state index is 12.2. The lowest BCUT2D eigenvalue weighted by atomic mass is 10.2. The second kappa shape index (κ2) is 10.2. The standard InChI is InChI=1S/C17H28N4O6SSi.C3H9N/c1-17(2,3)29(4,5)26-9-7-13-6-8-20(18-13)14-10-15-12-19(11-14)16(22)21(15)27-28(23,24)25;1-4(2)3/h6,8,10,15H,7,9,11-12H2,1-5H3,(H,23,24,25);1-3H3. The number of rotatable bonds is 7. The minimum absolute atomic E-state index is 0.148. The molecule has 2 aliphatic heterocycles. The van der Waals surface area contributed by atoms with Gasteiger partial charge in [0, 0.05) is 25.8 Å². The van der Waals surface area contributed by atoms with Crippen LogP contribution >= 0.6 is 0 Å². The van der Waals surface area contributed by atoms with Gasteiger partial charge in [0.05, 0.1) is 17.9 Å². The largest absolute Gasteiger partial charge is 0.418 e. The normalized spacial score (nSPS) is 19.0. The highest BCUT2D eigenvalue weighted by Crippen LogP contribution is 2.36. The third-order valence-electron chi connectivity index (χ3n) is 5.65. The van der Waals surface area contributed by atoms with Gasteiger partial charge in [-0.25, -0.2) is 9.48 Å². The summed E-state index contributed by atoms with van der Waals surface area (Å²) in [5.41, 5.74) is 1.60. The van der Waals surface area contributed by atoms with Gasteiger partial charge in [0.1, 0.15) is 6.04 Å². The summed E-state index contributed by atoms with van der Waals surface area (Å²) in [7, 11) is -0.582. The fourth-order valence-corrected chi connectivity index (χ4v) is 4.42. The van der Waals surface area contributed by atoms with Crippen LogP contribution in [0.15, 0.2) is 18.3 Å². The minimum Gasteiger partial charge on any atom is -0.416 e. The van der Waals surface area contributed by atoms with Gasteiger partial charge in [0.25, 0.3) is 0 Å². The molecule has 188 valence electrons. The molecule has 2 amide bonds. The first kappa shape index (κ1) is 27.5. The number of carbonyl (C=O) groups is 1. The molecule has 1 saturated heterocycles. The highest BCUT2D eigenvalue weighted by atomic mass is 32.3. The zero-order valence-corrected chi connectivity index (χ0v) is 22.6. The van der Waals surface area contributed by atoms with Gasteiger partial charge in [0.2, 0.25) is 0 Å². The summed E-state index contributed by atoms with van der Waals surface area (Å²) in [6.07, 6.45) is 4.20. The van der Waals surface area contributed by atoms with E-state index in [2.05, 4.69) is 43.2 Å². The van der Waals surface area contributed by atoms with E-state index in [4.69, 9.17) is 8.98 Å². The highest BCUT2D eigenvalue weighted by Gasteiger charge is 2.43. The molecule has 0 aliphatic carbocycles. The molecule has 1 unspecified atom stereocenters. The van der Waals surface area contributed by atoms with Crippen LogP contribution in [0.25, 0.3) is 5.70 Å². The van der Waals surface area contributed by atoms with Crippen molar-refractivity contribution >= 4 is 30.4 Å². The van der Waals surface area contributed by atoms with Gasteiger partial charge in [-0.15, -0.1) is 4.28 Å². The summed E-state index contributed by atoms with van der Waals surface area (Å²) >= 11 is 0. The van der Waals surface area contributed by atoms with Crippen LogP contribution in [0.5, 0.6) is 0 Å². The number of nitrogens with zero attached hydrogens (tertiary/aromatic N) is 5. The Morgan fingerprint density at radius 2 is 1.88 bits per heavy atom. The van der Waals surface area contributed by atoms with E-state index in [0.717, 1.165) is 11.4 Å². The van der Waals surface area contributed by atoms with Crippen molar-refractivity contribution in [2.45, 2.75) is 51.4 Å². The third-order valence-corrected chi connectivity index (χ3v) is 10.5. The molecule has 13 heteroatoms. The van der Waals surface area contributed by atoms with Crippen molar-refractivity contribution < 1.29 is 26.5 Å². The Labute approximate surface area is 198 Å². The molecule has 1 atom stereocenters. The van der Waals surface area contributed by atoms with Crippen molar-refractivity contribution in [1.82, 2.24) is 24.6 Å². The zero-order chi connectivity index (χ0) is 25.2. The van der Waals surface area contributed by atoms with Crippen LogP contribution in [0.4, 0.5) is 4.79 Å². The Kier molecular flexibility index (Phi) is 8.52. The Hall–Kier alpha value is -1.77. The number of hydrogen-bond donors (Lipinski definition) is 1. The Balaban J connectivity index is 0.000000890. The second-order valence-electron chi connectivity index (χ2n) is 10.2. The molecule has 3 heterocycles. The molecule has 33 heavy (non-hydrogen) atoms. The van der Waals surface area contributed by atoms with E-state index in [9.17, 15) is 13.2 Å². The fourth-order valence-electron chi connectivity index (χ4n) is 3.00. The van der Waals surface area contributed by atoms with Crippen LogP contribution in [-0.2, 0) is 25.5 Å². The maximum Gasteiger partial charge on any atom is 0.418 e. The summed E-state index contributed by atoms with van der Waals surface area (Å²) < 4.78 is 43.1. The average molecular weight is 504 g/mol. The highest BCUT2D eigenvalue weighted by molar-refractivity contribution is 7.80. The van der Waals surface area contributed by atoms with Crippen molar-refractivity contribution in [3.63, 3.8) is 0 Å². The van der Waals surface area contributed by atoms with Gasteiger partial charge in [-0.05, 0) is 51.4 Å². The van der Waals surface area contributed by atoms with Crippen molar-refractivity contribution in [3.8, 4) is 0 Å². The smallest absolute Gasteiger partial charge is 0.416 e. The number of urea groups is 1. The molecule has 2 aliphatic rings. The number of hydroxylamine groups is 2. The van der Waals surface area contributed by atoms with E-state index in [1.165, 1.54) is 4.90 Å². The molecule has 2 bridgehead atoms.